The van der Waals surface area contributed by atoms with Gasteiger partial charge in [0, 0.05) is 47.5 Å². The third-order valence-corrected chi connectivity index (χ3v) is 5.67. The quantitative estimate of drug-likeness (QED) is 0.653. The zero-order chi connectivity index (χ0) is 18.6. The second-order valence-electron chi connectivity index (χ2n) is 7.22. The number of nitrogens with zero attached hydrogens (tertiary/aromatic N) is 2. The van der Waals surface area contributed by atoms with Crippen molar-refractivity contribution in [2.45, 2.75) is 31.1 Å². The second kappa shape index (κ2) is 5.95. The lowest BCUT2D eigenvalue weighted by Crippen LogP contribution is -2.33. The molecule has 140 valence electrons. The predicted molar refractivity (Wildman–Crippen MR) is 96.3 cm³/mol. The van der Waals surface area contributed by atoms with E-state index in [-0.39, 0.29) is 17.7 Å². The van der Waals surface area contributed by atoms with Crippen LogP contribution in [-0.2, 0) is 6.18 Å². The molecule has 2 aromatic heterocycles. The van der Waals surface area contributed by atoms with Crippen LogP contribution in [0.15, 0.2) is 36.7 Å². The summed E-state index contributed by atoms with van der Waals surface area (Å²) in [6.07, 6.45) is 0.118. The van der Waals surface area contributed by atoms with Crippen LogP contribution >= 0.6 is 0 Å². The van der Waals surface area contributed by atoms with Crippen molar-refractivity contribution in [3.8, 4) is 11.3 Å². The molecule has 1 aromatic carbocycles. The smallest absolute Gasteiger partial charge is 0.360 e. The fraction of sp³-hybridized carbons (Fsp3) is 0.368. The third-order valence-electron chi connectivity index (χ3n) is 5.67. The molecule has 3 heterocycles. The minimum Gasteiger partial charge on any atom is -0.360 e. The molecule has 3 atom stereocenters. The van der Waals surface area contributed by atoms with E-state index in [2.05, 4.69) is 25.6 Å². The van der Waals surface area contributed by atoms with Crippen LogP contribution in [0.2, 0.25) is 0 Å². The van der Waals surface area contributed by atoms with Gasteiger partial charge in [-0.1, -0.05) is 18.2 Å². The molecule has 2 fully saturated rings. The van der Waals surface area contributed by atoms with Crippen LogP contribution in [0, 0.1) is 5.92 Å². The fourth-order valence-electron chi connectivity index (χ4n) is 4.34. The summed E-state index contributed by atoms with van der Waals surface area (Å²) in [6.45, 7) is 0.929. The summed E-state index contributed by atoms with van der Waals surface area (Å²) in [5.74, 6) is 0.714. The number of aromatic nitrogens is 3. The normalized spacial score (nSPS) is 24.6. The molecule has 2 aliphatic rings. The van der Waals surface area contributed by atoms with E-state index in [0.29, 0.717) is 22.9 Å². The van der Waals surface area contributed by atoms with E-state index in [1.165, 1.54) is 0 Å². The van der Waals surface area contributed by atoms with Crippen LogP contribution < -0.4 is 10.6 Å². The highest BCUT2D eigenvalue weighted by atomic mass is 19.4. The van der Waals surface area contributed by atoms with Crippen molar-refractivity contribution in [2.75, 3.05) is 11.9 Å². The maximum atomic E-state index is 13.6. The number of benzene rings is 1. The maximum absolute atomic E-state index is 13.6. The molecule has 2 bridgehead atoms. The van der Waals surface area contributed by atoms with Gasteiger partial charge in [0.2, 0.25) is 5.95 Å². The molecular weight excluding hydrogens is 355 g/mol. The van der Waals surface area contributed by atoms with Crippen molar-refractivity contribution >= 4 is 16.9 Å². The van der Waals surface area contributed by atoms with E-state index in [9.17, 15) is 13.2 Å². The molecule has 8 heteroatoms. The molecule has 27 heavy (non-hydrogen) atoms. The van der Waals surface area contributed by atoms with Gasteiger partial charge in [0.15, 0.2) is 0 Å². The lowest BCUT2D eigenvalue weighted by atomic mass is 10.1. The number of nitrogens with one attached hydrogen (secondary N) is 3. The van der Waals surface area contributed by atoms with Gasteiger partial charge in [0.05, 0.1) is 5.69 Å². The summed E-state index contributed by atoms with van der Waals surface area (Å²) < 4.78 is 40.8. The van der Waals surface area contributed by atoms with Crippen molar-refractivity contribution in [3.63, 3.8) is 0 Å². The van der Waals surface area contributed by atoms with Crippen LogP contribution in [0.4, 0.5) is 19.1 Å². The molecule has 3 unspecified atom stereocenters. The number of H-pyrrole nitrogens is 1. The molecule has 0 spiro atoms. The van der Waals surface area contributed by atoms with Gasteiger partial charge in [-0.3, -0.25) is 0 Å². The van der Waals surface area contributed by atoms with Gasteiger partial charge in [-0.05, 0) is 24.8 Å². The summed E-state index contributed by atoms with van der Waals surface area (Å²) >= 11 is 0. The number of halogens is 3. The van der Waals surface area contributed by atoms with Gasteiger partial charge in [-0.2, -0.15) is 13.2 Å². The molecule has 0 amide bonds. The van der Waals surface area contributed by atoms with Crippen LogP contribution in [0.5, 0.6) is 0 Å². The van der Waals surface area contributed by atoms with Crippen molar-refractivity contribution in [3.05, 3.63) is 42.2 Å². The number of hydrogen-bond donors (Lipinski definition) is 3. The highest BCUT2D eigenvalue weighted by Crippen LogP contribution is 2.39. The molecule has 3 N–H and O–H groups in total. The Morgan fingerprint density at radius 2 is 2.00 bits per heavy atom. The van der Waals surface area contributed by atoms with Crippen molar-refractivity contribution < 1.29 is 13.2 Å². The van der Waals surface area contributed by atoms with Gasteiger partial charge in [0.25, 0.3) is 0 Å². The van der Waals surface area contributed by atoms with Crippen molar-refractivity contribution in [2.24, 2.45) is 5.92 Å². The Morgan fingerprint density at radius 3 is 2.70 bits per heavy atom. The van der Waals surface area contributed by atoms with Crippen LogP contribution in [0.3, 0.4) is 0 Å². The van der Waals surface area contributed by atoms with Crippen molar-refractivity contribution in [1.29, 1.82) is 0 Å². The topological polar surface area (TPSA) is 65.6 Å². The first kappa shape index (κ1) is 16.6. The van der Waals surface area contributed by atoms with E-state index >= 15 is 0 Å². The van der Waals surface area contributed by atoms with Gasteiger partial charge >= 0.3 is 6.18 Å². The summed E-state index contributed by atoms with van der Waals surface area (Å²) in [7, 11) is 0. The molecule has 1 aliphatic carbocycles. The highest BCUT2D eigenvalue weighted by molar-refractivity contribution is 5.95. The van der Waals surface area contributed by atoms with Gasteiger partial charge in [-0.25, -0.2) is 9.97 Å². The minimum atomic E-state index is -4.53. The minimum absolute atomic E-state index is 0.101. The number of anilines is 1. The van der Waals surface area contributed by atoms with E-state index in [0.717, 1.165) is 31.1 Å². The Hall–Kier alpha value is -2.61. The standard InChI is InChI=1S/C19H18F3N5/c20-19(21,22)13-9-25-18(26-16-10-5-6-15(16)23-7-10)27-17(13)12-8-24-14-4-2-1-3-11(12)14/h1-4,8-10,15-16,23-24H,5-7H2,(H,25,26,27). The van der Waals surface area contributed by atoms with Gasteiger partial charge < -0.3 is 15.6 Å². The average molecular weight is 373 g/mol. The molecule has 5 rings (SSSR count). The summed E-state index contributed by atoms with van der Waals surface area (Å²) in [5, 5.41) is 7.40. The first-order chi connectivity index (χ1) is 13.0. The number of fused-ring (bicyclic) bond motifs is 3. The van der Waals surface area contributed by atoms with E-state index in [4.69, 9.17) is 0 Å². The Kier molecular flexibility index (Phi) is 3.65. The fourth-order valence-corrected chi connectivity index (χ4v) is 4.34. The largest absolute Gasteiger partial charge is 0.419 e. The van der Waals surface area contributed by atoms with E-state index < -0.39 is 11.7 Å². The number of aromatic amines is 1. The van der Waals surface area contributed by atoms with E-state index in [1.807, 2.05) is 12.1 Å². The van der Waals surface area contributed by atoms with E-state index in [1.54, 1.807) is 18.3 Å². The Labute approximate surface area is 153 Å². The summed E-state index contributed by atoms with van der Waals surface area (Å²) in [4.78, 5) is 11.3. The number of hydrogen-bond acceptors (Lipinski definition) is 4. The number of rotatable bonds is 3. The molecule has 3 aromatic rings. The highest BCUT2D eigenvalue weighted by Gasteiger charge is 2.42. The Bertz CT molecular complexity index is 976. The molecule has 5 nitrogen and oxygen atoms in total. The lowest BCUT2D eigenvalue weighted by Gasteiger charge is -2.18. The van der Waals surface area contributed by atoms with Crippen LogP contribution in [0.1, 0.15) is 18.4 Å². The van der Waals surface area contributed by atoms with Gasteiger partial charge in [0.1, 0.15) is 5.56 Å². The molecule has 1 aliphatic heterocycles. The van der Waals surface area contributed by atoms with Crippen LogP contribution in [0.25, 0.3) is 22.2 Å². The first-order valence-electron chi connectivity index (χ1n) is 9.01. The number of para-hydroxylation sites is 1. The monoisotopic (exact) mass is 373 g/mol. The Morgan fingerprint density at radius 1 is 1.15 bits per heavy atom. The average Bonchev–Trinajstić information content (AvgIpc) is 3.35. The third kappa shape index (κ3) is 2.75. The summed E-state index contributed by atoms with van der Waals surface area (Å²) in [6, 6.07) is 7.75. The zero-order valence-electron chi connectivity index (χ0n) is 14.3. The van der Waals surface area contributed by atoms with Crippen molar-refractivity contribution in [1.82, 2.24) is 20.3 Å². The molecule has 1 saturated carbocycles. The number of alkyl halides is 3. The SMILES string of the molecule is FC(F)(F)c1cnc(NC2C3CCC2NC3)nc1-c1c[nH]c2ccccc12. The molecular formula is C19H18F3N5. The lowest BCUT2D eigenvalue weighted by molar-refractivity contribution is -0.137. The molecule has 0 radical (unpaired) electrons. The Balaban J connectivity index is 1.59. The molecule has 1 saturated heterocycles. The van der Waals surface area contributed by atoms with Crippen LogP contribution in [-0.4, -0.2) is 33.6 Å². The second-order valence-corrected chi connectivity index (χ2v) is 7.22. The van der Waals surface area contributed by atoms with Gasteiger partial charge in [-0.15, -0.1) is 0 Å². The number of piperidine rings is 1. The first-order valence-corrected chi connectivity index (χ1v) is 9.01. The zero-order valence-corrected chi connectivity index (χ0v) is 14.3. The summed E-state index contributed by atoms with van der Waals surface area (Å²) in [5.41, 5.74) is 0.267. The maximum Gasteiger partial charge on any atom is 0.419 e. The predicted octanol–water partition coefficient (Wildman–Crippen LogP) is 3.81.